The predicted molar refractivity (Wildman–Crippen MR) is 104 cm³/mol. The minimum atomic E-state index is -0.273. The summed E-state index contributed by atoms with van der Waals surface area (Å²) in [4.78, 5) is 26.9. The lowest BCUT2D eigenvalue weighted by Gasteiger charge is -2.25. The number of nitrogens with zero attached hydrogens (tertiary/aromatic N) is 1. The minimum absolute atomic E-state index is 0.00206. The lowest BCUT2D eigenvalue weighted by Crippen LogP contribution is -2.30. The summed E-state index contributed by atoms with van der Waals surface area (Å²) in [6, 6.07) is 14.0. The zero-order chi connectivity index (χ0) is 19.2. The van der Waals surface area contributed by atoms with Gasteiger partial charge >= 0.3 is 0 Å². The van der Waals surface area contributed by atoms with Crippen LogP contribution in [0.25, 0.3) is 0 Å². The summed E-state index contributed by atoms with van der Waals surface area (Å²) >= 11 is 0. The van der Waals surface area contributed by atoms with Crippen molar-refractivity contribution in [3.05, 3.63) is 71.0 Å². The van der Waals surface area contributed by atoms with E-state index in [1.807, 2.05) is 29.2 Å². The highest BCUT2D eigenvalue weighted by Gasteiger charge is 2.29. The van der Waals surface area contributed by atoms with E-state index in [0.717, 1.165) is 31.2 Å². The number of rotatable bonds is 7. The molecule has 1 unspecified atom stereocenters. The van der Waals surface area contributed by atoms with Gasteiger partial charge in [0.1, 0.15) is 5.82 Å². The van der Waals surface area contributed by atoms with Gasteiger partial charge in [-0.3, -0.25) is 9.59 Å². The monoisotopic (exact) mass is 367 g/mol. The normalized spacial score (nSPS) is 16.5. The fourth-order valence-electron chi connectivity index (χ4n) is 3.75. The first-order chi connectivity index (χ1) is 13.1. The molecule has 142 valence electrons. The molecular weight excluding hydrogens is 341 g/mol. The number of carbonyl (C=O) groups excluding carboxylic acids is 2. The van der Waals surface area contributed by atoms with Crippen molar-refractivity contribution in [2.45, 2.75) is 51.5 Å². The maximum atomic E-state index is 13.2. The van der Waals surface area contributed by atoms with E-state index in [2.05, 4.69) is 6.92 Å². The molecule has 1 fully saturated rings. The molecule has 0 radical (unpaired) electrons. The lowest BCUT2D eigenvalue weighted by atomic mass is 10.0. The number of amides is 1. The van der Waals surface area contributed by atoms with Crippen LogP contribution in [0.5, 0.6) is 0 Å². The summed E-state index contributed by atoms with van der Waals surface area (Å²) in [6.45, 7) is 2.82. The molecule has 1 heterocycles. The van der Waals surface area contributed by atoms with Gasteiger partial charge in [-0.05, 0) is 42.5 Å². The van der Waals surface area contributed by atoms with Gasteiger partial charge in [-0.25, -0.2) is 4.39 Å². The standard InChI is InChI=1S/C23H26FNO2/c1-2-4-17-6-8-19(9-7-17)22(26)14-15-23(27)25-16-3-5-21(25)18-10-12-20(24)13-11-18/h6-13,21H,2-5,14-16H2,1H3. The topological polar surface area (TPSA) is 37.4 Å². The van der Waals surface area contributed by atoms with Crippen molar-refractivity contribution >= 4 is 11.7 Å². The fraction of sp³-hybridized carbons (Fsp3) is 0.391. The van der Waals surface area contributed by atoms with Crippen LogP contribution in [0.3, 0.4) is 0 Å². The Labute approximate surface area is 160 Å². The molecule has 3 nitrogen and oxygen atoms in total. The van der Waals surface area contributed by atoms with Crippen molar-refractivity contribution in [3.63, 3.8) is 0 Å². The average molecular weight is 367 g/mol. The van der Waals surface area contributed by atoms with E-state index in [4.69, 9.17) is 0 Å². The number of halogens is 1. The average Bonchev–Trinajstić information content (AvgIpc) is 3.17. The van der Waals surface area contributed by atoms with Gasteiger partial charge in [0.05, 0.1) is 6.04 Å². The molecule has 1 saturated heterocycles. The third-order valence-electron chi connectivity index (χ3n) is 5.21. The van der Waals surface area contributed by atoms with Crippen LogP contribution >= 0.6 is 0 Å². The largest absolute Gasteiger partial charge is 0.336 e. The number of Topliss-reactive ketones (excluding diaryl/α,β-unsaturated/α-hetero) is 1. The second-order valence-electron chi connectivity index (χ2n) is 7.17. The van der Waals surface area contributed by atoms with Crippen molar-refractivity contribution < 1.29 is 14.0 Å². The van der Waals surface area contributed by atoms with Crippen LogP contribution in [0.15, 0.2) is 48.5 Å². The zero-order valence-corrected chi connectivity index (χ0v) is 15.8. The highest BCUT2D eigenvalue weighted by Crippen LogP contribution is 2.32. The van der Waals surface area contributed by atoms with Crippen LogP contribution in [0.1, 0.15) is 66.6 Å². The van der Waals surface area contributed by atoms with E-state index in [1.54, 1.807) is 12.1 Å². The molecule has 27 heavy (non-hydrogen) atoms. The van der Waals surface area contributed by atoms with Gasteiger partial charge in [0.15, 0.2) is 5.78 Å². The molecule has 0 bridgehead atoms. The Morgan fingerprint density at radius 3 is 2.41 bits per heavy atom. The Kier molecular flexibility index (Phi) is 6.38. The Hall–Kier alpha value is -2.49. The van der Waals surface area contributed by atoms with Gasteiger partial charge < -0.3 is 4.90 Å². The second kappa shape index (κ2) is 8.94. The van der Waals surface area contributed by atoms with Gasteiger partial charge in [0.2, 0.25) is 5.91 Å². The Balaban J connectivity index is 1.57. The number of ketones is 1. The molecule has 0 N–H and O–H groups in total. The summed E-state index contributed by atoms with van der Waals surface area (Å²) < 4.78 is 13.2. The number of benzene rings is 2. The molecule has 1 atom stereocenters. The van der Waals surface area contributed by atoms with Crippen LogP contribution in [-0.2, 0) is 11.2 Å². The van der Waals surface area contributed by atoms with Gasteiger partial charge in [-0.2, -0.15) is 0 Å². The molecule has 1 aliphatic rings. The molecule has 2 aromatic carbocycles. The van der Waals surface area contributed by atoms with Gasteiger partial charge in [0.25, 0.3) is 0 Å². The number of aryl methyl sites for hydroxylation is 1. The SMILES string of the molecule is CCCc1ccc(C(=O)CCC(=O)N2CCCC2c2ccc(F)cc2)cc1. The van der Waals surface area contributed by atoms with Crippen molar-refractivity contribution in [2.75, 3.05) is 6.54 Å². The maximum Gasteiger partial charge on any atom is 0.223 e. The molecule has 1 amide bonds. The van der Waals surface area contributed by atoms with Crippen LogP contribution < -0.4 is 0 Å². The summed E-state index contributed by atoms with van der Waals surface area (Å²) in [6.07, 6.45) is 4.33. The van der Waals surface area contributed by atoms with Crippen molar-refractivity contribution in [2.24, 2.45) is 0 Å². The Bertz CT molecular complexity index is 783. The third-order valence-corrected chi connectivity index (χ3v) is 5.21. The summed E-state index contributed by atoms with van der Waals surface area (Å²) in [5.74, 6) is -0.271. The van der Waals surface area contributed by atoms with E-state index >= 15 is 0 Å². The van der Waals surface area contributed by atoms with Crippen LogP contribution in [0.4, 0.5) is 4.39 Å². The third kappa shape index (κ3) is 4.82. The number of carbonyl (C=O) groups is 2. The number of likely N-dealkylation sites (tertiary alicyclic amines) is 1. The first kappa shape index (κ1) is 19.3. The second-order valence-corrected chi connectivity index (χ2v) is 7.17. The fourth-order valence-corrected chi connectivity index (χ4v) is 3.75. The molecule has 0 aromatic heterocycles. The predicted octanol–water partition coefficient (Wildman–Crippen LogP) is 5.10. The molecule has 0 spiro atoms. The van der Waals surface area contributed by atoms with E-state index in [1.165, 1.54) is 17.7 Å². The Morgan fingerprint density at radius 2 is 1.74 bits per heavy atom. The van der Waals surface area contributed by atoms with E-state index < -0.39 is 0 Å². The molecule has 4 heteroatoms. The Morgan fingerprint density at radius 1 is 1.04 bits per heavy atom. The molecule has 2 aromatic rings. The van der Waals surface area contributed by atoms with E-state index in [-0.39, 0.29) is 36.4 Å². The highest BCUT2D eigenvalue weighted by atomic mass is 19.1. The zero-order valence-electron chi connectivity index (χ0n) is 15.8. The molecule has 3 rings (SSSR count). The quantitative estimate of drug-likeness (QED) is 0.638. The number of hydrogen-bond acceptors (Lipinski definition) is 2. The van der Waals surface area contributed by atoms with Crippen LogP contribution in [-0.4, -0.2) is 23.1 Å². The maximum absolute atomic E-state index is 13.2. The first-order valence-corrected chi connectivity index (χ1v) is 9.75. The van der Waals surface area contributed by atoms with Gasteiger partial charge in [0, 0.05) is 24.9 Å². The van der Waals surface area contributed by atoms with Crippen molar-refractivity contribution in [3.8, 4) is 0 Å². The van der Waals surface area contributed by atoms with Gasteiger partial charge in [-0.1, -0.05) is 49.7 Å². The van der Waals surface area contributed by atoms with Gasteiger partial charge in [-0.15, -0.1) is 0 Å². The minimum Gasteiger partial charge on any atom is -0.336 e. The van der Waals surface area contributed by atoms with Crippen LogP contribution in [0, 0.1) is 5.82 Å². The molecule has 0 saturated carbocycles. The van der Waals surface area contributed by atoms with E-state index in [0.29, 0.717) is 12.1 Å². The lowest BCUT2D eigenvalue weighted by molar-refractivity contribution is -0.132. The summed E-state index contributed by atoms with van der Waals surface area (Å²) in [5, 5.41) is 0. The first-order valence-electron chi connectivity index (χ1n) is 9.75. The number of hydrogen-bond donors (Lipinski definition) is 0. The molecular formula is C23H26FNO2. The highest BCUT2D eigenvalue weighted by molar-refractivity contribution is 5.98. The molecule has 1 aliphatic heterocycles. The van der Waals surface area contributed by atoms with E-state index in [9.17, 15) is 14.0 Å². The molecule has 0 aliphatic carbocycles. The summed E-state index contributed by atoms with van der Waals surface area (Å²) in [7, 11) is 0. The summed E-state index contributed by atoms with van der Waals surface area (Å²) in [5.41, 5.74) is 2.85. The van der Waals surface area contributed by atoms with Crippen molar-refractivity contribution in [1.29, 1.82) is 0 Å². The van der Waals surface area contributed by atoms with Crippen molar-refractivity contribution in [1.82, 2.24) is 4.90 Å². The van der Waals surface area contributed by atoms with Crippen LogP contribution in [0.2, 0.25) is 0 Å². The smallest absolute Gasteiger partial charge is 0.223 e.